The van der Waals surface area contributed by atoms with Crippen LogP contribution in [0.15, 0.2) is 18.3 Å². The Kier molecular flexibility index (Phi) is 4.62. The summed E-state index contributed by atoms with van der Waals surface area (Å²) in [6.45, 7) is 7.69. The van der Waals surface area contributed by atoms with Gasteiger partial charge in [0.15, 0.2) is 0 Å². The summed E-state index contributed by atoms with van der Waals surface area (Å²) < 4.78 is 14.6. The van der Waals surface area contributed by atoms with E-state index in [1.165, 1.54) is 0 Å². The molecule has 0 saturated heterocycles. The van der Waals surface area contributed by atoms with Gasteiger partial charge >= 0.3 is 0 Å². The number of rotatable bonds is 3. The molecule has 1 aromatic heterocycles. The van der Waals surface area contributed by atoms with Crippen LogP contribution in [0.2, 0.25) is 5.02 Å². The Bertz CT molecular complexity index is 354. The highest BCUT2D eigenvalue weighted by Gasteiger charge is 2.28. The predicted octanol–water partition coefficient (Wildman–Crippen LogP) is 2.85. The van der Waals surface area contributed by atoms with Crippen molar-refractivity contribution >= 4 is 23.0 Å². The van der Waals surface area contributed by atoms with E-state index >= 15 is 0 Å². The molecule has 0 amide bonds. The molecule has 0 aliphatic heterocycles. The van der Waals surface area contributed by atoms with Gasteiger partial charge in [-0.05, 0) is 39.8 Å². The monoisotopic (exact) mass is 260 g/mol. The lowest BCUT2D eigenvalue weighted by Gasteiger charge is -2.26. The van der Waals surface area contributed by atoms with Crippen LogP contribution in [0.5, 0.6) is 0 Å². The fourth-order valence-corrected chi connectivity index (χ4v) is 2.02. The number of hydrogen-bond donors (Lipinski definition) is 1. The number of aromatic nitrogens is 1. The summed E-state index contributed by atoms with van der Waals surface area (Å²) in [7, 11) is 0. The molecule has 0 bridgehead atoms. The first kappa shape index (κ1) is 13.8. The van der Waals surface area contributed by atoms with Gasteiger partial charge in [-0.15, -0.1) is 4.72 Å². The quantitative estimate of drug-likeness (QED) is 0.851. The van der Waals surface area contributed by atoms with Gasteiger partial charge in [-0.3, -0.25) is 4.98 Å². The number of halogens is 1. The number of nitrogens with zero attached hydrogens (tertiary/aromatic N) is 1. The van der Waals surface area contributed by atoms with Crippen LogP contribution in [0, 0.1) is 0 Å². The lowest BCUT2D eigenvalue weighted by molar-refractivity contribution is 0.529. The molecule has 0 fully saturated rings. The van der Waals surface area contributed by atoms with Crippen LogP contribution in [-0.2, 0) is 11.4 Å². The summed E-state index contributed by atoms with van der Waals surface area (Å²) in [5.41, 5.74) is 0.796. The highest BCUT2D eigenvalue weighted by Crippen LogP contribution is 2.19. The minimum atomic E-state index is -1.11. The normalized spacial score (nSPS) is 15.9. The molecule has 1 rings (SSSR count). The van der Waals surface area contributed by atoms with Gasteiger partial charge in [0, 0.05) is 22.6 Å². The highest BCUT2D eigenvalue weighted by molar-refractivity contribution is 7.90. The van der Waals surface area contributed by atoms with Gasteiger partial charge in [0.2, 0.25) is 0 Å². The Hall–Kier alpha value is -0.290. The summed E-state index contributed by atoms with van der Waals surface area (Å²) in [6.07, 6.45) is 1.65. The van der Waals surface area contributed by atoms with Crippen molar-refractivity contribution in [2.24, 2.45) is 0 Å². The first-order valence-corrected chi connectivity index (χ1v) is 6.63. The molecular formula is C11H17ClN2OS. The van der Waals surface area contributed by atoms with Crippen molar-refractivity contribution in [1.29, 1.82) is 0 Å². The Morgan fingerprint density at radius 2 is 2.12 bits per heavy atom. The molecule has 16 heavy (non-hydrogen) atoms. The van der Waals surface area contributed by atoms with E-state index in [0.29, 0.717) is 5.02 Å². The summed E-state index contributed by atoms with van der Waals surface area (Å²) in [5, 5.41) is 0.639. The molecule has 90 valence electrons. The molecule has 1 heterocycles. The Balaban J connectivity index is 2.69. The van der Waals surface area contributed by atoms with Gasteiger partial charge < -0.3 is 4.55 Å². The molecule has 0 spiro atoms. The van der Waals surface area contributed by atoms with E-state index in [1.807, 2.05) is 27.7 Å². The molecule has 0 aliphatic carbocycles. The summed E-state index contributed by atoms with van der Waals surface area (Å²) in [6, 6.07) is 3.41. The molecular weight excluding hydrogens is 244 g/mol. The Labute approximate surface area is 105 Å². The smallest absolute Gasteiger partial charge is 0.136 e. The van der Waals surface area contributed by atoms with E-state index in [9.17, 15) is 4.55 Å². The van der Waals surface area contributed by atoms with Gasteiger partial charge in [0.05, 0.1) is 11.7 Å². The molecule has 2 unspecified atom stereocenters. The van der Waals surface area contributed by atoms with Crippen LogP contribution in [0.4, 0.5) is 0 Å². The predicted molar refractivity (Wildman–Crippen MR) is 68.7 cm³/mol. The second-order valence-corrected chi connectivity index (χ2v) is 7.05. The summed E-state index contributed by atoms with van der Waals surface area (Å²) >= 11 is 4.76. The van der Waals surface area contributed by atoms with E-state index in [0.717, 1.165) is 5.69 Å². The Morgan fingerprint density at radius 1 is 1.50 bits per heavy atom. The summed E-state index contributed by atoms with van der Waals surface area (Å²) in [5.74, 6) is 0. The van der Waals surface area contributed by atoms with Crippen LogP contribution in [-0.4, -0.2) is 14.3 Å². The molecule has 0 aliphatic rings. The number of pyridine rings is 1. The van der Waals surface area contributed by atoms with Crippen LogP contribution < -0.4 is 4.72 Å². The van der Waals surface area contributed by atoms with Gasteiger partial charge in [-0.25, -0.2) is 0 Å². The fraction of sp³-hybridized carbons (Fsp3) is 0.545. The largest absolute Gasteiger partial charge is 0.598 e. The van der Waals surface area contributed by atoms with Gasteiger partial charge in [-0.2, -0.15) is 0 Å². The van der Waals surface area contributed by atoms with Crippen molar-refractivity contribution < 1.29 is 4.55 Å². The minimum absolute atomic E-state index is 0.0845. The number of nitrogens with one attached hydrogen (secondary N) is 1. The second-order valence-electron chi connectivity index (χ2n) is 4.62. The van der Waals surface area contributed by atoms with E-state index in [1.54, 1.807) is 18.3 Å². The second kappa shape index (κ2) is 5.36. The van der Waals surface area contributed by atoms with Crippen molar-refractivity contribution in [3.8, 4) is 0 Å². The van der Waals surface area contributed by atoms with E-state index < -0.39 is 11.4 Å². The highest BCUT2D eigenvalue weighted by atomic mass is 35.5. The molecule has 1 N–H and O–H groups in total. The third-order valence-corrected chi connectivity index (χ3v) is 3.94. The molecule has 0 radical (unpaired) electrons. The lowest BCUT2D eigenvalue weighted by Crippen LogP contribution is -2.40. The zero-order valence-corrected chi connectivity index (χ0v) is 11.5. The molecule has 2 atom stereocenters. The number of hydrogen-bond acceptors (Lipinski definition) is 3. The van der Waals surface area contributed by atoms with Crippen molar-refractivity contribution in [1.82, 2.24) is 9.71 Å². The lowest BCUT2D eigenvalue weighted by atomic mass is 10.2. The maximum atomic E-state index is 11.9. The SMILES string of the molecule is CC(N[S+]([O-])C(C)(C)C)c1cc(Cl)ccn1. The fourth-order valence-electron chi connectivity index (χ4n) is 1.06. The van der Waals surface area contributed by atoms with Gasteiger partial charge in [-0.1, -0.05) is 11.6 Å². The zero-order chi connectivity index (χ0) is 12.3. The molecule has 3 nitrogen and oxygen atoms in total. The van der Waals surface area contributed by atoms with E-state index in [4.69, 9.17) is 11.6 Å². The summed E-state index contributed by atoms with van der Waals surface area (Å²) in [4.78, 5) is 4.19. The maximum absolute atomic E-state index is 11.9. The molecule has 0 saturated carbocycles. The van der Waals surface area contributed by atoms with E-state index in [-0.39, 0.29) is 10.8 Å². The van der Waals surface area contributed by atoms with Crippen molar-refractivity contribution in [2.75, 3.05) is 0 Å². The minimum Gasteiger partial charge on any atom is -0.598 e. The topological polar surface area (TPSA) is 48.0 Å². The van der Waals surface area contributed by atoms with Gasteiger partial charge in [0.25, 0.3) is 0 Å². The van der Waals surface area contributed by atoms with Crippen molar-refractivity contribution in [2.45, 2.75) is 38.5 Å². The molecule has 5 heteroatoms. The zero-order valence-electron chi connectivity index (χ0n) is 9.95. The van der Waals surface area contributed by atoms with Crippen LogP contribution in [0.25, 0.3) is 0 Å². The third-order valence-electron chi connectivity index (χ3n) is 2.03. The third kappa shape index (κ3) is 3.94. The first-order valence-electron chi connectivity index (χ1n) is 5.10. The molecule has 1 aromatic rings. The first-order chi connectivity index (χ1) is 7.30. The standard InChI is InChI=1S/C11H17ClN2OS/c1-8(14-16(15)11(2,3)4)10-7-9(12)5-6-13-10/h5-8,14H,1-4H3. The maximum Gasteiger partial charge on any atom is 0.136 e. The van der Waals surface area contributed by atoms with Gasteiger partial charge in [0.1, 0.15) is 4.75 Å². The molecule has 0 aromatic carbocycles. The van der Waals surface area contributed by atoms with Crippen LogP contribution in [0.1, 0.15) is 39.4 Å². The van der Waals surface area contributed by atoms with E-state index in [2.05, 4.69) is 9.71 Å². The van der Waals surface area contributed by atoms with Crippen molar-refractivity contribution in [3.05, 3.63) is 29.0 Å². The Morgan fingerprint density at radius 3 is 2.62 bits per heavy atom. The van der Waals surface area contributed by atoms with Crippen molar-refractivity contribution in [3.63, 3.8) is 0 Å². The van der Waals surface area contributed by atoms with Crippen LogP contribution >= 0.6 is 11.6 Å². The average Bonchev–Trinajstić information content (AvgIpc) is 2.16. The van der Waals surface area contributed by atoms with Crippen LogP contribution in [0.3, 0.4) is 0 Å². The average molecular weight is 261 g/mol.